The van der Waals surface area contributed by atoms with Gasteiger partial charge >= 0.3 is 0 Å². The van der Waals surface area contributed by atoms with Gasteiger partial charge in [0.15, 0.2) is 0 Å². The van der Waals surface area contributed by atoms with Gasteiger partial charge in [-0.1, -0.05) is 109 Å². The second kappa shape index (κ2) is 10.9. The highest BCUT2D eigenvalue weighted by atomic mass is 14.3. The van der Waals surface area contributed by atoms with Crippen molar-refractivity contribution in [3.8, 4) is 0 Å². The maximum atomic E-state index is 2.34. The van der Waals surface area contributed by atoms with Crippen LogP contribution >= 0.6 is 0 Å². The lowest BCUT2D eigenvalue weighted by Crippen LogP contribution is -2.17. The van der Waals surface area contributed by atoms with Crippen molar-refractivity contribution in [3.63, 3.8) is 0 Å². The highest BCUT2D eigenvalue weighted by Crippen LogP contribution is 2.36. The molecule has 0 saturated heterocycles. The third-order valence-corrected chi connectivity index (χ3v) is 3.84. The Morgan fingerprint density at radius 1 is 0.739 bits per heavy atom. The summed E-state index contributed by atoms with van der Waals surface area (Å²) >= 11 is 0. The van der Waals surface area contributed by atoms with Gasteiger partial charge in [-0.25, -0.2) is 0 Å². The zero-order valence-corrected chi connectivity index (χ0v) is 14.2. The molecule has 0 amide bonds. The molecule has 0 bridgehead atoms. The molecule has 0 heteroatoms. The predicted molar refractivity (Wildman–Crippen MR) is 114 cm³/mol. The van der Waals surface area contributed by atoms with Crippen molar-refractivity contribution in [1.82, 2.24) is 0 Å². The van der Waals surface area contributed by atoms with Crippen LogP contribution in [0.5, 0.6) is 0 Å². The SMILES string of the molecule is C.C.C.C.CC(C)C(CC(C)(C)C)c1ccc(C(C)(C)C)cc1. The van der Waals surface area contributed by atoms with E-state index < -0.39 is 0 Å². The van der Waals surface area contributed by atoms with Crippen molar-refractivity contribution in [3.05, 3.63) is 35.4 Å². The maximum absolute atomic E-state index is 2.34. The second-order valence-corrected chi connectivity index (χ2v) is 8.49. The summed E-state index contributed by atoms with van der Waals surface area (Å²) in [6.45, 7) is 18.5. The smallest absolute Gasteiger partial charge is 0.0132 e. The van der Waals surface area contributed by atoms with Crippen LogP contribution in [0.4, 0.5) is 0 Å². The van der Waals surface area contributed by atoms with Gasteiger partial charge in [-0.2, -0.15) is 0 Å². The topological polar surface area (TPSA) is 0 Å². The molecule has 1 unspecified atom stereocenters. The van der Waals surface area contributed by atoms with Gasteiger partial charge in [-0.05, 0) is 40.2 Å². The van der Waals surface area contributed by atoms with Crippen LogP contribution in [-0.2, 0) is 5.41 Å². The molecule has 0 spiro atoms. The average molecular weight is 325 g/mol. The summed E-state index contributed by atoms with van der Waals surface area (Å²) in [5.41, 5.74) is 3.56. The van der Waals surface area contributed by atoms with Crippen molar-refractivity contribution in [1.29, 1.82) is 0 Å². The molecule has 140 valence electrons. The second-order valence-electron chi connectivity index (χ2n) is 8.49. The number of hydrogen-bond acceptors (Lipinski definition) is 0. The monoisotopic (exact) mass is 324 g/mol. The van der Waals surface area contributed by atoms with E-state index in [4.69, 9.17) is 0 Å². The highest BCUT2D eigenvalue weighted by Gasteiger charge is 2.23. The molecule has 0 radical (unpaired) electrons. The zero-order valence-electron chi connectivity index (χ0n) is 14.2. The van der Waals surface area contributed by atoms with Crippen LogP contribution in [0.15, 0.2) is 24.3 Å². The minimum absolute atomic E-state index is 0. The minimum atomic E-state index is 0. The van der Waals surface area contributed by atoms with Crippen molar-refractivity contribution in [2.45, 2.75) is 103 Å². The van der Waals surface area contributed by atoms with E-state index in [9.17, 15) is 0 Å². The Morgan fingerprint density at radius 2 is 1.13 bits per heavy atom. The quantitative estimate of drug-likeness (QED) is 0.521. The van der Waals surface area contributed by atoms with Crippen molar-refractivity contribution in [2.24, 2.45) is 11.3 Å². The van der Waals surface area contributed by atoms with Gasteiger partial charge in [-0.15, -0.1) is 0 Å². The molecule has 0 N–H and O–H groups in total. The summed E-state index contributed by atoms with van der Waals surface area (Å²) in [7, 11) is 0. The van der Waals surface area contributed by atoms with E-state index in [1.165, 1.54) is 17.5 Å². The van der Waals surface area contributed by atoms with E-state index in [2.05, 4.69) is 79.7 Å². The Bertz CT molecular complexity index is 382. The lowest BCUT2D eigenvalue weighted by atomic mass is 9.75. The summed E-state index contributed by atoms with van der Waals surface area (Å²) in [6, 6.07) is 9.31. The van der Waals surface area contributed by atoms with Crippen LogP contribution < -0.4 is 0 Å². The van der Waals surface area contributed by atoms with Crippen LogP contribution in [0.2, 0.25) is 0 Å². The van der Waals surface area contributed by atoms with Gasteiger partial charge in [0.05, 0.1) is 0 Å². The fraction of sp³-hybridized carbons (Fsp3) is 0.739. The van der Waals surface area contributed by atoms with Crippen molar-refractivity contribution >= 4 is 0 Å². The lowest BCUT2D eigenvalue weighted by Gasteiger charge is -2.30. The van der Waals surface area contributed by atoms with Crippen LogP contribution in [0.25, 0.3) is 0 Å². The van der Waals surface area contributed by atoms with E-state index in [1.54, 1.807) is 0 Å². The molecular weight excluding hydrogens is 276 g/mol. The molecule has 0 heterocycles. The van der Waals surface area contributed by atoms with E-state index in [-0.39, 0.29) is 35.1 Å². The standard InChI is InChI=1S/C19H32.4CH4/c1-14(2)17(13-18(3,4)5)15-9-11-16(12-10-15)19(6,7)8;;;;/h9-12,14,17H,13H2,1-8H3;4*1H4. The summed E-state index contributed by atoms with van der Waals surface area (Å²) in [5, 5.41) is 0. The first-order valence-corrected chi connectivity index (χ1v) is 7.61. The van der Waals surface area contributed by atoms with E-state index >= 15 is 0 Å². The fourth-order valence-corrected chi connectivity index (χ4v) is 2.63. The molecule has 0 aliphatic carbocycles. The maximum Gasteiger partial charge on any atom is -0.0132 e. The summed E-state index contributed by atoms with van der Waals surface area (Å²) in [4.78, 5) is 0. The van der Waals surface area contributed by atoms with Crippen molar-refractivity contribution in [2.75, 3.05) is 0 Å². The third kappa shape index (κ3) is 9.84. The number of hydrogen-bond donors (Lipinski definition) is 0. The summed E-state index contributed by atoms with van der Waals surface area (Å²) < 4.78 is 0. The Balaban J connectivity index is -0.000000451. The lowest BCUT2D eigenvalue weighted by molar-refractivity contribution is 0.301. The van der Waals surface area contributed by atoms with Gasteiger partial charge in [0, 0.05) is 0 Å². The zero-order chi connectivity index (χ0) is 14.8. The van der Waals surface area contributed by atoms with Crippen molar-refractivity contribution < 1.29 is 0 Å². The minimum Gasteiger partial charge on any atom is -0.0776 e. The average Bonchev–Trinajstić information content (AvgIpc) is 2.23. The Morgan fingerprint density at radius 3 is 1.39 bits per heavy atom. The van der Waals surface area contributed by atoms with Gasteiger partial charge in [0.2, 0.25) is 0 Å². The molecule has 1 aromatic rings. The third-order valence-electron chi connectivity index (χ3n) is 3.84. The first-order valence-electron chi connectivity index (χ1n) is 7.61. The van der Waals surface area contributed by atoms with E-state index in [0.717, 1.165) is 0 Å². The Kier molecular flexibility index (Phi) is 14.3. The Hall–Kier alpha value is -0.780. The van der Waals surface area contributed by atoms with Crippen LogP contribution in [0.1, 0.15) is 109 Å². The van der Waals surface area contributed by atoms with Gasteiger partial charge in [-0.3, -0.25) is 0 Å². The molecule has 0 aliphatic heterocycles. The molecule has 0 aromatic heterocycles. The molecule has 0 aliphatic rings. The predicted octanol–water partition coefficient (Wildman–Crippen LogP) is 8.70. The van der Waals surface area contributed by atoms with Crippen LogP contribution in [0.3, 0.4) is 0 Å². The van der Waals surface area contributed by atoms with Gasteiger partial charge < -0.3 is 0 Å². The molecule has 1 atom stereocenters. The largest absolute Gasteiger partial charge is 0.0776 e. The van der Waals surface area contributed by atoms with Gasteiger partial charge in [0.25, 0.3) is 0 Å². The fourth-order valence-electron chi connectivity index (χ4n) is 2.63. The first kappa shape index (κ1) is 30.1. The summed E-state index contributed by atoms with van der Waals surface area (Å²) in [6.07, 6.45) is 1.25. The molecule has 0 saturated carbocycles. The molecular formula is C23H48. The molecule has 1 rings (SSSR count). The first-order chi connectivity index (χ1) is 8.50. The summed E-state index contributed by atoms with van der Waals surface area (Å²) in [5.74, 6) is 1.36. The van der Waals surface area contributed by atoms with Crippen LogP contribution in [0, 0.1) is 11.3 Å². The normalized spacial score (nSPS) is 12.2. The number of benzene rings is 1. The number of rotatable bonds is 3. The van der Waals surface area contributed by atoms with Gasteiger partial charge in [0.1, 0.15) is 0 Å². The molecule has 0 fully saturated rings. The molecule has 23 heavy (non-hydrogen) atoms. The molecule has 0 nitrogen and oxygen atoms in total. The Labute approximate surface area is 150 Å². The van der Waals surface area contributed by atoms with E-state index in [0.29, 0.717) is 17.3 Å². The van der Waals surface area contributed by atoms with Crippen LogP contribution in [-0.4, -0.2) is 0 Å². The highest BCUT2D eigenvalue weighted by molar-refractivity contribution is 5.29. The molecule has 1 aromatic carbocycles. The van der Waals surface area contributed by atoms with E-state index in [1.807, 2.05) is 0 Å².